The summed E-state index contributed by atoms with van der Waals surface area (Å²) in [4.78, 5) is 12.1. The maximum Gasteiger partial charge on any atom is 0.161 e. The van der Waals surface area contributed by atoms with E-state index in [1.807, 2.05) is 18.2 Å². The average molecular weight is 291 g/mol. The monoisotopic (exact) mass is 291 g/mol. The fraction of sp³-hybridized carbons (Fsp3) is 0.562. The summed E-state index contributed by atoms with van der Waals surface area (Å²) in [6, 6.07) is 6.31. The molecular formula is C16H21NO4. The minimum Gasteiger partial charge on any atom is -0.544 e. The lowest BCUT2D eigenvalue weighted by molar-refractivity contribution is -0.932. The predicted octanol–water partition coefficient (Wildman–Crippen LogP) is -0.465. The Kier molecular flexibility index (Phi) is 4.29. The number of quaternary nitrogens is 1. The molecule has 1 atom stereocenters. The summed E-state index contributed by atoms with van der Waals surface area (Å²) in [5.74, 6) is 0.555. The highest BCUT2D eigenvalue weighted by molar-refractivity contribution is 5.65. The van der Waals surface area contributed by atoms with Gasteiger partial charge in [0.2, 0.25) is 0 Å². The number of fused-ring (bicyclic) bond motifs is 1. The number of rotatable bonds is 5. The zero-order chi connectivity index (χ0) is 14.7. The normalized spacial score (nSPS) is 19.4. The van der Waals surface area contributed by atoms with E-state index in [2.05, 4.69) is 0 Å². The number of hydrogen-bond acceptors (Lipinski definition) is 4. The summed E-state index contributed by atoms with van der Waals surface area (Å²) in [5, 5.41) is 11.0. The third-order valence-electron chi connectivity index (χ3n) is 4.34. The third-order valence-corrected chi connectivity index (χ3v) is 4.34. The van der Waals surface area contributed by atoms with Crippen molar-refractivity contribution in [3.8, 4) is 11.5 Å². The third kappa shape index (κ3) is 3.47. The number of carbonyl (C=O) groups is 1. The number of carboxylic acids is 1. The van der Waals surface area contributed by atoms with Gasteiger partial charge in [-0.1, -0.05) is 0 Å². The van der Waals surface area contributed by atoms with E-state index in [1.54, 1.807) is 0 Å². The van der Waals surface area contributed by atoms with Crippen LogP contribution in [0.2, 0.25) is 0 Å². The first-order valence-electron chi connectivity index (χ1n) is 7.65. The molecule has 0 aromatic heterocycles. The quantitative estimate of drug-likeness (QED) is 0.797. The van der Waals surface area contributed by atoms with Crippen LogP contribution in [0.1, 0.15) is 31.2 Å². The molecule has 21 heavy (non-hydrogen) atoms. The molecule has 0 radical (unpaired) electrons. The summed E-state index contributed by atoms with van der Waals surface area (Å²) < 4.78 is 11.1. The van der Waals surface area contributed by atoms with Crippen LogP contribution in [-0.4, -0.2) is 31.8 Å². The molecule has 0 spiro atoms. The molecule has 1 aliphatic carbocycles. The van der Waals surface area contributed by atoms with E-state index in [9.17, 15) is 9.90 Å². The molecule has 1 fully saturated rings. The number of ether oxygens (including phenoxy) is 2. The van der Waals surface area contributed by atoms with Crippen molar-refractivity contribution in [3.63, 3.8) is 0 Å². The fourth-order valence-corrected chi connectivity index (χ4v) is 3.33. The molecule has 114 valence electrons. The first kappa shape index (κ1) is 14.2. The Balaban J connectivity index is 1.73. The van der Waals surface area contributed by atoms with Crippen LogP contribution in [0.15, 0.2) is 18.2 Å². The van der Waals surface area contributed by atoms with E-state index >= 15 is 0 Å². The molecule has 1 aliphatic heterocycles. The maximum atomic E-state index is 11.0. The van der Waals surface area contributed by atoms with Gasteiger partial charge in [-0.3, -0.25) is 0 Å². The molecule has 1 heterocycles. The topological polar surface area (TPSA) is 63.0 Å². The molecule has 0 bridgehead atoms. The largest absolute Gasteiger partial charge is 0.544 e. The highest BCUT2D eigenvalue weighted by Crippen LogP contribution is 2.30. The highest BCUT2D eigenvalue weighted by atomic mass is 16.6. The van der Waals surface area contributed by atoms with Crippen LogP contribution in [0.3, 0.4) is 0 Å². The van der Waals surface area contributed by atoms with E-state index in [0.29, 0.717) is 25.8 Å². The second-order valence-electron chi connectivity index (χ2n) is 5.84. The summed E-state index contributed by atoms with van der Waals surface area (Å²) in [5.41, 5.74) is 1.09. The first-order valence-corrected chi connectivity index (χ1v) is 7.65. The molecular weight excluding hydrogens is 270 g/mol. The van der Waals surface area contributed by atoms with Gasteiger partial charge in [0.25, 0.3) is 0 Å². The Hall–Kier alpha value is -1.75. The molecule has 0 saturated heterocycles. The van der Waals surface area contributed by atoms with Crippen molar-refractivity contribution < 1.29 is 24.3 Å². The summed E-state index contributed by atoms with van der Waals surface area (Å²) in [6.45, 7) is 1.90. The van der Waals surface area contributed by atoms with Crippen molar-refractivity contribution >= 4 is 5.97 Å². The van der Waals surface area contributed by atoms with Crippen LogP contribution in [0.4, 0.5) is 0 Å². The Morgan fingerprint density at radius 1 is 1.19 bits per heavy atom. The minimum atomic E-state index is -0.977. The number of hydrogen-bond donors (Lipinski definition) is 1. The van der Waals surface area contributed by atoms with E-state index in [1.165, 1.54) is 12.8 Å². The van der Waals surface area contributed by atoms with Crippen LogP contribution in [0, 0.1) is 0 Å². The van der Waals surface area contributed by atoms with Gasteiger partial charge < -0.3 is 24.3 Å². The molecule has 1 saturated carbocycles. The molecule has 2 aliphatic rings. The summed E-state index contributed by atoms with van der Waals surface area (Å²) in [6.07, 6.45) is 4.60. The lowest BCUT2D eigenvalue weighted by Gasteiger charge is -2.27. The molecule has 1 N–H and O–H groups in total. The lowest BCUT2D eigenvalue weighted by atomic mass is 10.1. The minimum absolute atomic E-state index is 0.0686. The van der Waals surface area contributed by atoms with Crippen LogP contribution >= 0.6 is 0 Å². The van der Waals surface area contributed by atoms with Crippen molar-refractivity contribution in [1.82, 2.24) is 0 Å². The molecule has 5 nitrogen and oxygen atoms in total. The molecule has 1 unspecified atom stereocenters. The number of benzene rings is 1. The number of carboxylic acid groups (broad SMARTS) is 1. The van der Waals surface area contributed by atoms with Gasteiger partial charge in [0.1, 0.15) is 26.3 Å². The van der Waals surface area contributed by atoms with Gasteiger partial charge in [-0.05, 0) is 43.9 Å². The Morgan fingerprint density at radius 2 is 1.90 bits per heavy atom. The summed E-state index contributed by atoms with van der Waals surface area (Å²) >= 11 is 0. The highest BCUT2D eigenvalue weighted by Gasteiger charge is 2.26. The molecule has 3 rings (SSSR count). The van der Waals surface area contributed by atoms with Gasteiger partial charge in [-0.2, -0.15) is 0 Å². The Labute approximate surface area is 124 Å². The van der Waals surface area contributed by atoms with Crippen molar-refractivity contribution in [3.05, 3.63) is 23.8 Å². The van der Waals surface area contributed by atoms with Crippen molar-refractivity contribution in [2.45, 2.75) is 38.3 Å². The van der Waals surface area contributed by atoms with Crippen LogP contribution in [-0.2, 0) is 11.3 Å². The standard InChI is InChI=1S/C16H21NO4/c18-16(19)11-17(13-3-1-2-4-13)10-12-5-6-14-15(9-12)21-8-7-20-14/h5-6,9,13H,1-4,7-8,10-11H2,(H,18,19). The molecule has 1 aromatic rings. The number of nitrogens with one attached hydrogen (secondary N) is 1. The van der Waals surface area contributed by atoms with Gasteiger partial charge in [-0.15, -0.1) is 0 Å². The predicted molar refractivity (Wildman–Crippen MR) is 74.2 cm³/mol. The maximum absolute atomic E-state index is 11.0. The van der Waals surface area contributed by atoms with Crippen molar-refractivity contribution in [2.24, 2.45) is 0 Å². The first-order chi connectivity index (χ1) is 10.2. The van der Waals surface area contributed by atoms with Gasteiger partial charge in [0.15, 0.2) is 11.5 Å². The van der Waals surface area contributed by atoms with Crippen molar-refractivity contribution in [1.29, 1.82) is 0 Å². The smallest absolute Gasteiger partial charge is 0.161 e. The fourth-order valence-electron chi connectivity index (χ4n) is 3.33. The number of carbonyl (C=O) groups excluding carboxylic acids is 1. The second-order valence-corrected chi connectivity index (χ2v) is 5.84. The van der Waals surface area contributed by atoms with Gasteiger partial charge in [-0.25, -0.2) is 0 Å². The number of aliphatic carboxylic acids is 1. The van der Waals surface area contributed by atoms with Crippen molar-refractivity contribution in [2.75, 3.05) is 19.8 Å². The molecule has 0 amide bonds. The van der Waals surface area contributed by atoms with E-state index in [-0.39, 0.29) is 6.54 Å². The summed E-state index contributed by atoms with van der Waals surface area (Å²) in [7, 11) is 0. The second kappa shape index (κ2) is 6.35. The Morgan fingerprint density at radius 3 is 2.62 bits per heavy atom. The zero-order valence-corrected chi connectivity index (χ0v) is 12.1. The SMILES string of the molecule is O=C([O-])C[NH+](Cc1ccc2c(c1)OCCO2)C1CCCC1. The van der Waals surface area contributed by atoms with Gasteiger partial charge in [0.05, 0.1) is 12.0 Å². The Bertz CT molecular complexity index is 511. The lowest BCUT2D eigenvalue weighted by Crippen LogP contribution is -3.15. The van der Waals surface area contributed by atoms with E-state index in [0.717, 1.165) is 34.8 Å². The zero-order valence-electron chi connectivity index (χ0n) is 12.1. The van der Waals surface area contributed by atoms with Crippen LogP contribution in [0.25, 0.3) is 0 Å². The van der Waals surface area contributed by atoms with Crippen LogP contribution < -0.4 is 19.5 Å². The van der Waals surface area contributed by atoms with Crippen LogP contribution in [0.5, 0.6) is 11.5 Å². The molecule has 1 aromatic carbocycles. The van der Waals surface area contributed by atoms with Gasteiger partial charge >= 0.3 is 0 Å². The van der Waals surface area contributed by atoms with E-state index < -0.39 is 5.97 Å². The van der Waals surface area contributed by atoms with Gasteiger partial charge in [0, 0.05) is 5.56 Å². The molecule has 5 heteroatoms. The van der Waals surface area contributed by atoms with E-state index in [4.69, 9.17) is 9.47 Å². The average Bonchev–Trinajstić information content (AvgIpc) is 3.00.